The number of guanidine groups is 1. The normalized spacial score (nSPS) is 30.9. The van der Waals surface area contributed by atoms with E-state index in [-0.39, 0.29) is 29.4 Å². The first-order valence-corrected chi connectivity index (χ1v) is 10.7. The van der Waals surface area contributed by atoms with Gasteiger partial charge in [0, 0.05) is 55.2 Å². The molecule has 1 aromatic heterocycles. The monoisotopic (exact) mass is 501 g/mol. The maximum Gasteiger partial charge on any atom is 0.191 e. The summed E-state index contributed by atoms with van der Waals surface area (Å²) >= 11 is 0. The Morgan fingerprint density at radius 2 is 2.14 bits per heavy atom. The van der Waals surface area contributed by atoms with Crippen LogP contribution in [0.15, 0.2) is 11.2 Å². The second-order valence-electron chi connectivity index (χ2n) is 9.27. The molecule has 1 saturated heterocycles. The summed E-state index contributed by atoms with van der Waals surface area (Å²) in [7, 11) is 0. The van der Waals surface area contributed by atoms with E-state index >= 15 is 0 Å². The van der Waals surface area contributed by atoms with Gasteiger partial charge in [0.05, 0.1) is 11.8 Å². The smallest absolute Gasteiger partial charge is 0.191 e. The van der Waals surface area contributed by atoms with E-state index < -0.39 is 0 Å². The van der Waals surface area contributed by atoms with E-state index in [4.69, 9.17) is 14.8 Å². The first kappa shape index (κ1) is 21.9. The number of halogens is 1. The van der Waals surface area contributed by atoms with Gasteiger partial charge in [-0.1, -0.05) is 13.8 Å². The van der Waals surface area contributed by atoms with E-state index in [1.54, 1.807) is 0 Å². The van der Waals surface area contributed by atoms with Crippen LogP contribution >= 0.6 is 24.0 Å². The highest BCUT2D eigenvalue weighted by Crippen LogP contribution is 2.52. The van der Waals surface area contributed by atoms with E-state index in [9.17, 15) is 0 Å². The number of hydrogen-bond donors (Lipinski definition) is 2. The van der Waals surface area contributed by atoms with Crippen LogP contribution in [0, 0.1) is 11.3 Å². The number of fused-ring (bicyclic) bond motifs is 2. The molecule has 0 radical (unpaired) electrons. The largest absolute Gasteiger partial charge is 0.377 e. The molecule has 6 nitrogen and oxygen atoms in total. The Labute approximate surface area is 186 Å². The van der Waals surface area contributed by atoms with Crippen LogP contribution in [-0.2, 0) is 17.6 Å². The Kier molecular flexibility index (Phi) is 6.64. The van der Waals surface area contributed by atoms with Crippen LogP contribution in [0.2, 0.25) is 0 Å². The van der Waals surface area contributed by atoms with Gasteiger partial charge in [-0.3, -0.25) is 9.67 Å². The summed E-state index contributed by atoms with van der Waals surface area (Å²) in [5, 5.41) is 12.3. The molecule has 4 rings (SSSR count). The lowest BCUT2D eigenvalue weighted by molar-refractivity contribution is -0.106. The summed E-state index contributed by atoms with van der Waals surface area (Å²) in [5.41, 5.74) is 2.82. The van der Waals surface area contributed by atoms with Gasteiger partial charge in [-0.2, -0.15) is 5.10 Å². The van der Waals surface area contributed by atoms with Gasteiger partial charge in [0.2, 0.25) is 0 Å². The molecule has 28 heavy (non-hydrogen) atoms. The van der Waals surface area contributed by atoms with Crippen LogP contribution in [-0.4, -0.2) is 47.1 Å². The highest BCUT2D eigenvalue weighted by molar-refractivity contribution is 14.0. The number of rotatable bonds is 4. The molecule has 1 saturated carbocycles. The zero-order valence-electron chi connectivity index (χ0n) is 17.9. The Morgan fingerprint density at radius 1 is 1.36 bits per heavy atom. The fourth-order valence-electron chi connectivity index (χ4n) is 5.15. The third kappa shape index (κ3) is 3.93. The van der Waals surface area contributed by atoms with Crippen LogP contribution in [0.25, 0.3) is 0 Å². The molecule has 0 spiro atoms. The first-order chi connectivity index (χ1) is 12.9. The van der Waals surface area contributed by atoms with Crippen LogP contribution in [0.3, 0.4) is 0 Å². The van der Waals surface area contributed by atoms with Crippen molar-refractivity contribution in [3.8, 4) is 0 Å². The molecule has 0 amide bonds. The molecule has 158 valence electrons. The minimum atomic E-state index is 0. The molecular formula is C21H36IN5O. The summed E-state index contributed by atoms with van der Waals surface area (Å²) < 4.78 is 8.04. The average Bonchev–Trinajstić information content (AvgIpc) is 3.25. The number of hydrogen-bond acceptors (Lipinski definition) is 3. The Hall–Kier alpha value is -0.830. The maximum atomic E-state index is 5.94. The Morgan fingerprint density at radius 3 is 2.86 bits per heavy atom. The lowest BCUT2D eigenvalue weighted by Gasteiger charge is -2.55. The highest BCUT2D eigenvalue weighted by atomic mass is 127. The van der Waals surface area contributed by atoms with Gasteiger partial charge in [-0.05, 0) is 45.6 Å². The van der Waals surface area contributed by atoms with Crippen LogP contribution in [0.4, 0.5) is 0 Å². The van der Waals surface area contributed by atoms with E-state index in [0.717, 1.165) is 44.8 Å². The molecule has 2 fully saturated rings. The van der Waals surface area contributed by atoms with E-state index in [1.807, 2.05) is 0 Å². The van der Waals surface area contributed by atoms with Crippen LogP contribution in [0.5, 0.6) is 0 Å². The van der Waals surface area contributed by atoms with Crippen molar-refractivity contribution >= 4 is 29.9 Å². The highest BCUT2D eigenvalue weighted by Gasteiger charge is 2.59. The molecule has 3 aliphatic rings. The number of ether oxygens (including phenoxy) is 1. The second kappa shape index (κ2) is 8.50. The van der Waals surface area contributed by atoms with Gasteiger partial charge in [-0.25, -0.2) is 0 Å². The molecular weight excluding hydrogens is 465 g/mol. The Balaban J connectivity index is 0.00000225. The number of aryl methyl sites for hydroxylation is 1. The van der Waals surface area contributed by atoms with Gasteiger partial charge in [0.15, 0.2) is 5.96 Å². The molecule has 0 aromatic carbocycles. The van der Waals surface area contributed by atoms with Gasteiger partial charge in [-0.15, -0.1) is 24.0 Å². The molecule has 0 bridgehead atoms. The molecule has 2 heterocycles. The fraction of sp³-hybridized carbons (Fsp3) is 0.810. The number of nitrogens with one attached hydrogen (secondary N) is 2. The number of nitrogens with zero attached hydrogens (tertiary/aromatic N) is 3. The lowest BCUT2D eigenvalue weighted by Crippen LogP contribution is -2.68. The van der Waals surface area contributed by atoms with Gasteiger partial charge < -0.3 is 15.4 Å². The lowest BCUT2D eigenvalue weighted by atomic mass is 9.57. The first-order valence-electron chi connectivity index (χ1n) is 10.7. The summed E-state index contributed by atoms with van der Waals surface area (Å²) in [6.45, 7) is 12.8. The zero-order chi connectivity index (χ0) is 19.2. The van der Waals surface area contributed by atoms with Crippen molar-refractivity contribution in [2.24, 2.45) is 16.3 Å². The number of aliphatic imine (C=N–C) groups is 1. The summed E-state index contributed by atoms with van der Waals surface area (Å²) in [5.74, 6) is 1.57. The van der Waals surface area contributed by atoms with Gasteiger partial charge in [0.1, 0.15) is 0 Å². The molecule has 1 aliphatic heterocycles. The molecule has 2 aliphatic carbocycles. The SMILES string of the molecule is CCN=C(NC1CCc2cn(C(C)C)nc2C1)NC1C2CCOC2C1(C)C.I. The third-order valence-corrected chi connectivity index (χ3v) is 6.68. The number of aromatic nitrogens is 2. The van der Waals surface area contributed by atoms with Crippen molar-refractivity contribution in [1.29, 1.82) is 0 Å². The summed E-state index contributed by atoms with van der Waals surface area (Å²) in [6.07, 6.45) is 6.98. The van der Waals surface area contributed by atoms with Crippen LogP contribution < -0.4 is 10.6 Å². The average molecular weight is 501 g/mol. The topological polar surface area (TPSA) is 63.5 Å². The Bertz CT molecular complexity index is 714. The van der Waals surface area contributed by atoms with Crippen molar-refractivity contribution in [2.75, 3.05) is 13.2 Å². The summed E-state index contributed by atoms with van der Waals surface area (Å²) in [4.78, 5) is 4.74. The van der Waals surface area contributed by atoms with E-state index in [0.29, 0.717) is 30.1 Å². The van der Waals surface area contributed by atoms with Crippen molar-refractivity contribution in [3.63, 3.8) is 0 Å². The fourth-order valence-corrected chi connectivity index (χ4v) is 5.15. The van der Waals surface area contributed by atoms with E-state index in [2.05, 4.69) is 56.1 Å². The predicted octanol–water partition coefficient (Wildman–Crippen LogP) is 3.31. The van der Waals surface area contributed by atoms with E-state index in [1.165, 1.54) is 11.3 Å². The minimum absolute atomic E-state index is 0. The maximum absolute atomic E-state index is 5.94. The minimum Gasteiger partial charge on any atom is -0.377 e. The van der Waals surface area contributed by atoms with Crippen LogP contribution in [0.1, 0.15) is 64.8 Å². The van der Waals surface area contributed by atoms with Crippen molar-refractivity contribution in [3.05, 3.63) is 17.5 Å². The van der Waals surface area contributed by atoms with Crippen molar-refractivity contribution < 1.29 is 4.74 Å². The van der Waals surface area contributed by atoms with Gasteiger partial charge >= 0.3 is 0 Å². The van der Waals surface area contributed by atoms with Crippen molar-refractivity contribution in [2.45, 2.75) is 84.5 Å². The standard InChI is InChI=1S/C21H35N5O.HI/c1-6-22-20(24-18-16-9-10-27-19(16)21(18,4)5)23-15-8-7-14-12-26(13(2)3)25-17(14)11-15;/h12-13,15-16,18-19H,6-11H2,1-5H3,(H2,22,23,24);1H. The predicted molar refractivity (Wildman–Crippen MR) is 124 cm³/mol. The third-order valence-electron chi connectivity index (χ3n) is 6.68. The van der Waals surface area contributed by atoms with Gasteiger partial charge in [0.25, 0.3) is 0 Å². The molecule has 1 aromatic rings. The van der Waals surface area contributed by atoms with Crippen molar-refractivity contribution in [1.82, 2.24) is 20.4 Å². The molecule has 2 N–H and O–H groups in total. The molecule has 4 unspecified atom stereocenters. The molecule has 7 heteroatoms. The quantitative estimate of drug-likeness (QED) is 0.378. The zero-order valence-corrected chi connectivity index (χ0v) is 20.2. The summed E-state index contributed by atoms with van der Waals surface area (Å²) in [6, 6.07) is 1.25. The second-order valence-corrected chi connectivity index (χ2v) is 9.27. The molecule has 4 atom stereocenters.